The van der Waals surface area contributed by atoms with E-state index < -0.39 is 10.0 Å². The van der Waals surface area contributed by atoms with Crippen LogP contribution in [0.3, 0.4) is 0 Å². The van der Waals surface area contributed by atoms with Gasteiger partial charge in [-0.25, -0.2) is 17.9 Å². The molecule has 3 aromatic carbocycles. The predicted octanol–water partition coefficient (Wildman–Crippen LogP) is 3.52. The van der Waals surface area contributed by atoms with Gasteiger partial charge in [0.25, 0.3) is 0 Å². The van der Waals surface area contributed by atoms with Crippen molar-refractivity contribution in [1.29, 1.82) is 0 Å². The van der Waals surface area contributed by atoms with E-state index in [1.165, 1.54) is 12.1 Å². The van der Waals surface area contributed by atoms with Gasteiger partial charge in [-0.1, -0.05) is 30.3 Å². The molecule has 0 bridgehead atoms. The number of nitrogens with zero attached hydrogens (tertiary/aromatic N) is 3. The molecule has 0 spiro atoms. The summed E-state index contributed by atoms with van der Waals surface area (Å²) in [5.41, 5.74) is 4.87. The molecule has 2 N–H and O–H groups in total. The molecule has 0 saturated carbocycles. The number of carbonyl (C=O) groups excluding carboxylic acids is 1. The molecule has 9 nitrogen and oxygen atoms in total. The number of carbonyl (C=O) groups is 1. The van der Waals surface area contributed by atoms with Crippen LogP contribution in [0.25, 0.3) is 0 Å². The van der Waals surface area contributed by atoms with Crippen LogP contribution in [0.5, 0.6) is 5.75 Å². The number of amides is 2. The average Bonchev–Trinajstić information content (AvgIpc) is 2.96. The number of hydrogen-bond acceptors (Lipinski definition) is 6. The first kappa shape index (κ1) is 27.0. The molecule has 2 aliphatic heterocycles. The monoisotopic (exact) mass is 549 g/mol. The lowest BCUT2D eigenvalue weighted by atomic mass is 9.96. The summed E-state index contributed by atoms with van der Waals surface area (Å²) in [6.07, 6.45) is 0.706. The van der Waals surface area contributed by atoms with Gasteiger partial charge in [-0.15, -0.1) is 0 Å². The minimum atomic E-state index is -3.68. The Kier molecular flexibility index (Phi) is 8.06. The van der Waals surface area contributed by atoms with E-state index in [1.807, 2.05) is 36.4 Å². The highest BCUT2D eigenvalue weighted by atomic mass is 32.2. The fourth-order valence-corrected chi connectivity index (χ4v) is 6.13. The zero-order chi connectivity index (χ0) is 27.4. The van der Waals surface area contributed by atoms with Crippen LogP contribution < -0.4 is 19.7 Å². The van der Waals surface area contributed by atoms with Crippen molar-refractivity contribution >= 4 is 27.4 Å². The van der Waals surface area contributed by atoms with Crippen molar-refractivity contribution in [2.75, 3.05) is 57.1 Å². The molecule has 2 amide bonds. The molecule has 1 fully saturated rings. The second-order valence-electron chi connectivity index (χ2n) is 9.97. The molecule has 0 aliphatic carbocycles. The molecule has 0 unspecified atom stereocenters. The summed E-state index contributed by atoms with van der Waals surface area (Å²) in [5, 5.41) is 2.93. The summed E-state index contributed by atoms with van der Waals surface area (Å²) >= 11 is 0. The van der Waals surface area contributed by atoms with Crippen molar-refractivity contribution in [2.24, 2.45) is 0 Å². The van der Waals surface area contributed by atoms with Crippen molar-refractivity contribution in [3.05, 3.63) is 83.4 Å². The zero-order valence-electron chi connectivity index (χ0n) is 22.4. The first-order valence-electron chi connectivity index (χ1n) is 13.2. The Bertz CT molecular complexity index is 1410. The number of piperazine rings is 1. The minimum absolute atomic E-state index is 0.146. The van der Waals surface area contributed by atoms with Gasteiger partial charge in [0, 0.05) is 68.3 Å². The number of benzene rings is 3. The Morgan fingerprint density at radius 2 is 1.62 bits per heavy atom. The normalized spacial score (nSPS) is 16.1. The molecule has 1 saturated heterocycles. The van der Waals surface area contributed by atoms with Gasteiger partial charge in [0.15, 0.2) is 0 Å². The van der Waals surface area contributed by atoms with E-state index in [0.29, 0.717) is 25.2 Å². The van der Waals surface area contributed by atoms with Gasteiger partial charge < -0.3 is 24.8 Å². The first-order chi connectivity index (χ1) is 18.8. The SMILES string of the molecule is COc1ccc(N2CCN(C)CC2)c2c1CCN(C(=O)Nc1ccc(S(=O)(=O)NCc3ccccc3)cc1)C2. The Balaban J connectivity index is 1.25. The molecule has 206 valence electrons. The maximum atomic E-state index is 13.2. The number of nitrogens with one attached hydrogen (secondary N) is 2. The lowest BCUT2D eigenvalue weighted by Crippen LogP contribution is -2.46. The average molecular weight is 550 g/mol. The highest BCUT2D eigenvalue weighted by Gasteiger charge is 2.28. The van der Waals surface area contributed by atoms with Crippen LogP contribution in [-0.4, -0.2) is 71.1 Å². The van der Waals surface area contributed by atoms with Gasteiger partial charge in [-0.2, -0.15) is 0 Å². The van der Waals surface area contributed by atoms with Crippen molar-refractivity contribution < 1.29 is 17.9 Å². The first-order valence-corrected chi connectivity index (χ1v) is 14.6. The van der Waals surface area contributed by atoms with E-state index in [0.717, 1.165) is 54.3 Å². The molecular weight excluding hydrogens is 514 g/mol. The Morgan fingerprint density at radius 3 is 2.31 bits per heavy atom. The quantitative estimate of drug-likeness (QED) is 0.469. The Labute approximate surface area is 230 Å². The highest BCUT2D eigenvalue weighted by Crippen LogP contribution is 2.36. The van der Waals surface area contributed by atoms with Crippen LogP contribution in [0.1, 0.15) is 16.7 Å². The summed E-state index contributed by atoms with van der Waals surface area (Å²) in [7, 11) is 0.145. The fourth-order valence-electron chi connectivity index (χ4n) is 5.11. The lowest BCUT2D eigenvalue weighted by molar-refractivity contribution is 0.206. The number of sulfonamides is 1. The van der Waals surface area contributed by atoms with E-state index in [4.69, 9.17) is 4.74 Å². The lowest BCUT2D eigenvalue weighted by Gasteiger charge is -2.38. The van der Waals surface area contributed by atoms with Gasteiger partial charge in [-0.05, 0) is 55.4 Å². The summed E-state index contributed by atoms with van der Waals surface area (Å²) in [4.78, 5) is 19.9. The third-order valence-corrected chi connectivity index (χ3v) is 8.84. The molecule has 5 rings (SSSR count). The number of hydrogen-bond donors (Lipinski definition) is 2. The highest BCUT2D eigenvalue weighted by molar-refractivity contribution is 7.89. The fraction of sp³-hybridized carbons (Fsp3) is 0.345. The van der Waals surface area contributed by atoms with Gasteiger partial charge in [0.1, 0.15) is 5.75 Å². The molecule has 0 radical (unpaired) electrons. The van der Waals surface area contributed by atoms with Crippen LogP contribution >= 0.6 is 0 Å². The molecule has 10 heteroatoms. The predicted molar refractivity (Wildman–Crippen MR) is 153 cm³/mol. The van der Waals surface area contributed by atoms with Gasteiger partial charge in [0.2, 0.25) is 10.0 Å². The molecule has 39 heavy (non-hydrogen) atoms. The number of rotatable bonds is 7. The standard InChI is InChI=1S/C29H35N5O4S/c1-32-16-18-33(19-17-32)27-12-13-28(38-2)25-14-15-34(21-26(25)27)29(35)31-23-8-10-24(11-9-23)39(36,37)30-20-22-6-4-3-5-7-22/h3-13,30H,14-21H2,1-2H3,(H,31,35). The largest absolute Gasteiger partial charge is 0.496 e. The van der Waals surface area contributed by atoms with Crippen LogP contribution in [0.4, 0.5) is 16.2 Å². The maximum absolute atomic E-state index is 13.2. The smallest absolute Gasteiger partial charge is 0.322 e. The zero-order valence-corrected chi connectivity index (χ0v) is 23.2. The topological polar surface area (TPSA) is 94.2 Å². The molecular formula is C29H35N5O4S. The molecule has 0 atom stereocenters. The van der Waals surface area contributed by atoms with Gasteiger partial charge in [0.05, 0.1) is 12.0 Å². The van der Waals surface area contributed by atoms with Crippen molar-refractivity contribution in [3.8, 4) is 5.75 Å². The van der Waals surface area contributed by atoms with E-state index >= 15 is 0 Å². The number of urea groups is 1. The van der Waals surface area contributed by atoms with E-state index in [9.17, 15) is 13.2 Å². The second-order valence-corrected chi connectivity index (χ2v) is 11.7. The van der Waals surface area contributed by atoms with Crippen LogP contribution in [0.15, 0.2) is 71.6 Å². The number of fused-ring (bicyclic) bond motifs is 1. The second kappa shape index (κ2) is 11.6. The maximum Gasteiger partial charge on any atom is 0.322 e. The minimum Gasteiger partial charge on any atom is -0.496 e. The number of likely N-dealkylation sites (N-methyl/N-ethyl adjacent to an activating group) is 1. The van der Waals surface area contributed by atoms with Crippen molar-refractivity contribution in [1.82, 2.24) is 14.5 Å². The van der Waals surface area contributed by atoms with Gasteiger partial charge in [-0.3, -0.25) is 0 Å². The molecule has 3 aromatic rings. The van der Waals surface area contributed by atoms with Crippen LogP contribution in [0.2, 0.25) is 0 Å². The van der Waals surface area contributed by atoms with Crippen LogP contribution in [0, 0.1) is 0 Å². The molecule has 2 heterocycles. The van der Waals surface area contributed by atoms with E-state index in [1.54, 1.807) is 24.1 Å². The summed E-state index contributed by atoms with van der Waals surface area (Å²) in [5.74, 6) is 0.862. The third-order valence-electron chi connectivity index (χ3n) is 7.42. The summed E-state index contributed by atoms with van der Waals surface area (Å²) < 4.78 is 33.7. The van der Waals surface area contributed by atoms with Crippen LogP contribution in [-0.2, 0) is 29.5 Å². The van der Waals surface area contributed by atoms with Crippen molar-refractivity contribution in [3.63, 3.8) is 0 Å². The van der Waals surface area contributed by atoms with Gasteiger partial charge >= 0.3 is 6.03 Å². The summed E-state index contributed by atoms with van der Waals surface area (Å²) in [6.45, 7) is 5.14. The van der Waals surface area contributed by atoms with E-state index in [2.05, 4.69) is 33.0 Å². The number of ether oxygens (including phenoxy) is 1. The molecule has 0 aromatic heterocycles. The summed E-state index contributed by atoms with van der Waals surface area (Å²) in [6, 6.07) is 19.5. The third kappa shape index (κ3) is 6.19. The van der Waals surface area contributed by atoms with E-state index in [-0.39, 0.29) is 17.5 Å². The number of methoxy groups -OCH3 is 1. The molecule has 2 aliphatic rings. The number of anilines is 2. The Morgan fingerprint density at radius 1 is 0.897 bits per heavy atom. The Hall–Kier alpha value is -3.60. The van der Waals surface area contributed by atoms with Crippen molar-refractivity contribution in [2.45, 2.75) is 24.4 Å².